The third kappa shape index (κ3) is 3.64. The highest BCUT2D eigenvalue weighted by Crippen LogP contribution is 2.25. The Bertz CT molecular complexity index is 1020. The molecule has 26 heavy (non-hydrogen) atoms. The average Bonchev–Trinajstić information content (AvgIpc) is 3.23. The van der Waals surface area contributed by atoms with E-state index in [1.807, 2.05) is 17.0 Å². The maximum Gasteiger partial charge on any atom is 0.151 e. The van der Waals surface area contributed by atoms with E-state index in [2.05, 4.69) is 4.98 Å². The minimum absolute atomic E-state index is 0.118. The fourth-order valence-corrected chi connectivity index (χ4v) is 5.31. The van der Waals surface area contributed by atoms with Crippen LogP contribution in [0.25, 0.3) is 10.9 Å². The third-order valence-corrected chi connectivity index (χ3v) is 6.54. The van der Waals surface area contributed by atoms with Crippen molar-refractivity contribution in [1.29, 1.82) is 0 Å². The Kier molecular flexibility index (Phi) is 4.50. The molecule has 0 amide bonds. The standard InChI is InChI=1S/C19H19FN2O3S/c20-16-9-14-3-1-6-21-19(14)15(10-16)11-22(12-18-4-2-7-25-18)17-5-8-26(23,24)13-17/h1-4,6-7,9-10,17H,5,8,11-13H2. The predicted octanol–water partition coefficient (Wildman–Crippen LogP) is 3.16. The van der Waals surface area contributed by atoms with Crippen molar-refractivity contribution >= 4 is 20.7 Å². The maximum atomic E-state index is 14.1. The number of hydrogen-bond acceptors (Lipinski definition) is 5. The Hall–Kier alpha value is -2.25. The molecule has 0 aliphatic carbocycles. The first-order chi connectivity index (χ1) is 12.5. The monoisotopic (exact) mass is 374 g/mol. The van der Waals surface area contributed by atoms with Gasteiger partial charge < -0.3 is 4.42 Å². The van der Waals surface area contributed by atoms with Crippen molar-refractivity contribution in [3.05, 3.63) is 66.0 Å². The zero-order valence-electron chi connectivity index (χ0n) is 14.1. The quantitative estimate of drug-likeness (QED) is 0.686. The van der Waals surface area contributed by atoms with Gasteiger partial charge in [-0.25, -0.2) is 12.8 Å². The highest BCUT2D eigenvalue weighted by atomic mass is 32.2. The van der Waals surface area contributed by atoms with Gasteiger partial charge in [0, 0.05) is 24.2 Å². The molecule has 1 aliphatic rings. The normalized spacial score (nSPS) is 19.4. The SMILES string of the molecule is O=S1(=O)CCC(N(Cc2ccco2)Cc2cc(F)cc3cccnc23)C1. The van der Waals surface area contributed by atoms with E-state index >= 15 is 0 Å². The number of furan rings is 1. The van der Waals surface area contributed by atoms with Crippen LogP contribution in [-0.4, -0.2) is 35.8 Å². The first kappa shape index (κ1) is 17.2. The van der Waals surface area contributed by atoms with E-state index in [1.54, 1.807) is 24.6 Å². The molecular weight excluding hydrogens is 355 g/mol. The Morgan fingerprint density at radius 3 is 2.85 bits per heavy atom. The van der Waals surface area contributed by atoms with Crippen LogP contribution in [-0.2, 0) is 22.9 Å². The minimum atomic E-state index is -3.02. The number of sulfone groups is 1. The minimum Gasteiger partial charge on any atom is -0.468 e. The predicted molar refractivity (Wildman–Crippen MR) is 96.7 cm³/mol. The first-order valence-electron chi connectivity index (χ1n) is 8.50. The molecule has 3 heterocycles. The molecular formula is C19H19FN2O3S. The number of aromatic nitrogens is 1. The van der Waals surface area contributed by atoms with Crippen LogP contribution in [0.5, 0.6) is 0 Å². The first-order valence-corrected chi connectivity index (χ1v) is 10.3. The van der Waals surface area contributed by atoms with E-state index in [0.717, 1.165) is 22.2 Å². The summed E-state index contributed by atoms with van der Waals surface area (Å²) in [7, 11) is -3.02. The molecule has 1 atom stereocenters. The van der Waals surface area contributed by atoms with Gasteiger partial charge in [0.05, 0.1) is 29.8 Å². The second kappa shape index (κ2) is 6.81. The van der Waals surface area contributed by atoms with E-state index in [0.29, 0.717) is 19.5 Å². The Morgan fingerprint density at radius 2 is 2.12 bits per heavy atom. The van der Waals surface area contributed by atoms with Crippen LogP contribution >= 0.6 is 0 Å². The van der Waals surface area contributed by atoms with Gasteiger partial charge in [0.2, 0.25) is 0 Å². The fraction of sp³-hybridized carbons (Fsp3) is 0.316. The molecule has 4 rings (SSSR count). The molecule has 136 valence electrons. The molecule has 7 heteroatoms. The second-order valence-corrected chi connectivity index (χ2v) is 8.91. The lowest BCUT2D eigenvalue weighted by Gasteiger charge is -2.27. The summed E-state index contributed by atoms with van der Waals surface area (Å²) in [6, 6.07) is 10.1. The molecule has 2 aromatic heterocycles. The number of rotatable bonds is 5. The lowest BCUT2D eigenvalue weighted by atomic mass is 10.1. The van der Waals surface area contributed by atoms with Gasteiger partial charge in [-0.1, -0.05) is 6.07 Å². The lowest BCUT2D eigenvalue weighted by Crippen LogP contribution is -2.35. The summed E-state index contributed by atoms with van der Waals surface area (Å²) >= 11 is 0. The number of nitrogens with zero attached hydrogens (tertiary/aromatic N) is 2. The fourth-order valence-electron chi connectivity index (χ4n) is 3.55. The van der Waals surface area contributed by atoms with Crippen LogP contribution in [0.4, 0.5) is 4.39 Å². The molecule has 5 nitrogen and oxygen atoms in total. The molecule has 1 aromatic carbocycles. The highest BCUT2D eigenvalue weighted by Gasteiger charge is 2.33. The second-order valence-electron chi connectivity index (χ2n) is 6.68. The van der Waals surface area contributed by atoms with E-state index in [4.69, 9.17) is 4.42 Å². The Labute approximate surface area is 151 Å². The van der Waals surface area contributed by atoms with Gasteiger partial charge in [0.25, 0.3) is 0 Å². The number of fused-ring (bicyclic) bond motifs is 1. The van der Waals surface area contributed by atoms with Gasteiger partial charge in [0.15, 0.2) is 9.84 Å². The summed E-state index contributed by atoms with van der Waals surface area (Å²) in [4.78, 5) is 6.44. The lowest BCUT2D eigenvalue weighted by molar-refractivity contribution is 0.180. The van der Waals surface area contributed by atoms with Gasteiger partial charge in [-0.2, -0.15) is 0 Å². The number of hydrogen-bond donors (Lipinski definition) is 0. The van der Waals surface area contributed by atoms with Crippen molar-refractivity contribution in [1.82, 2.24) is 9.88 Å². The molecule has 0 N–H and O–H groups in total. The topological polar surface area (TPSA) is 63.4 Å². The summed E-state index contributed by atoms with van der Waals surface area (Å²) in [5.41, 5.74) is 1.48. The molecule has 3 aromatic rings. The zero-order valence-corrected chi connectivity index (χ0v) is 15.0. The zero-order chi connectivity index (χ0) is 18.1. The summed E-state index contributed by atoms with van der Waals surface area (Å²) in [6.45, 7) is 0.879. The van der Waals surface area contributed by atoms with E-state index in [-0.39, 0.29) is 23.4 Å². The summed E-state index contributed by atoms with van der Waals surface area (Å²) in [5, 5.41) is 0.736. The molecule has 0 saturated carbocycles. The van der Waals surface area contributed by atoms with Gasteiger partial charge in [-0.15, -0.1) is 0 Å². The van der Waals surface area contributed by atoms with Crippen molar-refractivity contribution in [3.63, 3.8) is 0 Å². The Balaban J connectivity index is 1.68. The average molecular weight is 374 g/mol. The molecule has 1 aliphatic heterocycles. The molecule has 0 radical (unpaired) electrons. The summed E-state index contributed by atoms with van der Waals surface area (Å²) < 4.78 is 43.4. The van der Waals surface area contributed by atoms with E-state index < -0.39 is 9.84 Å². The maximum absolute atomic E-state index is 14.1. The molecule has 0 bridgehead atoms. The Morgan fingerprint density at radius 1 is 1.23 bits per heavy atom. The van der Waals surface area contributed by atoms with Crippen LogP contribution < -0.4 is 0 Å². The number of halogens is 1. The summed E-state index contributed by atoms with van der Waals surface area (Å²) in [6.07, 6.45) is 3.85. The summed E-state index contributed by atoms with van der Waals surface area (Å²) in [5.74, 6) is 0.739. The number of pyridine rings is 1. The van der Waals surface area contributed by atoms with Crippen molar-refractivity contribution in [3.8, 4) is 0 Å². The van der Waals surface area contributed by atoms with Crippen LogP contribution in [0, 0.1) is 5.82 Å². The van der Waals surface area contributed by atoms with Crippen molar-refractivity contribution in [2.45, 2.75) is 25.6 Å². The van der Waals surface area contributed by atoms with Crippen LogP contribution in [0.3, 0.4) is 0 Å². The third-order valence-electron chi connectivity index (χ3n) is 4.79. The van der Waals surface area contributed by atoms with Gasteiger partial charge in [-0.3, -0.25) is 9.88 Å². The molecule has 0 spiro atoms. The van der Waals surface area contributed by atoms with Crippen molar-refractivity contribution in [2.75, 3.05) is 11.5 Å². The van der Waals surface area contributed by atoms with E-state index in [1.165, 1.54) is 12.1 Å². The van der Waals surface area contributed by atoms with E-state index in [9.17, 15) is 12.8 Å². The molecule has 1 fully saturated rings. The highest BCUT2D eigenvalue weighted by molar-refractivity contribution is 7.91. The van der Waals surface area contributed by atoms with Gasteiger partial charge in [-0.05, 0) is 42.3 Å². The van der Waals surface area contributed by atoms with Gasteiger partial charge >= 0.3 is 0 Å². The number of benzene rings is 1. The van der Waals surface area contributed by atoms with Crippen LogP contribution in [0.1, 0.15) is 17.7 Å². The molecule has 1 unspecified atom stereocenters. The smallest absolute Gasteiger partial charge is 0.151 e. The van der Waals surface area contributed by atoms with Crippen LogP contribution in [0.15, 0.2) is 53.3 Å². The molecule has 1 saturated heterocycles. The van der Waals surface area contributed by atoms with Crippen molar-refractivity contribution in [2.24, 2.45) is 0 Å². The van der Waals surface area contributed by atoms with Crippen LogP contribution in [0.2, 0.25) is 0 Å². The van der Waals surface area contributed by atoms with Crippen molar-refractivity contribution < 1.29 is 17.2 Å². The largest absolute Gasteiger partial charge is 0.468 e. The van der Waals surface area contributed by atoms with Gasteiger partial charge in [0.1, 0.15) is 11.6 Å².